The minimum Gasteiger partial charge on any atom is -0.376 e. The second-order valence-electron chi connectivity index (χ2n) is 5.34. The van der Waals surface area contributed by atoms with Gasteiger partial charge in [-0.05, 0) is 38.0 Å². The van der Waals surface area contributed by atoms with E-state index in [-0.39, 0.29) is 6.10 Å². The van der Waals surface area contributed by atoms with Gasteiger partial charge in [0.15, 0.2) is 0 Å². The third-order valence-corrected chi connectivity index (χ3v) is 3.96. The van der Waals surface area contributed by atoms with E-state index < -0.39 is 0 Å². The summed E-state index contributed by atoms with van der Waals surface area (Å²) in [6, 6.07) is 9.91. The average Bonchev–Trinajstić information content (AvgIpc) is 2.98. The monoisotopic (exact) mass is 362 g/mol. The Hall–Kier alpha value is -1.66. The Bertz CT molecular complexity index is 644. The number of anilines is 3. The van der Waals surface area contributed by atoms with Crippen LogP contribution in [0, 0.1) is 6.92 Å². The van der Waals surface area contributed by atoms with E-state index in [9.17, 15) is 0 Å². The van der Waals surface area contributed by atoms with Crippen LogP contribution in [0.4, 0.5) is 17.3 Å². The molecule has 1 aromatic heterocycles. The van der Waals surface area contributed by atoms with Crippen LogP contribution in [0.25, 0.3) is 0 Å². The van der Waals surface area contributed by atoms with Crippen molar-refractivity contribution in [3.8, 4) is 0 Å². The van der Waals surface area contributed by atoms with Gasteiger partial charge in [0.05, 0.1) is 6.10 Å². The summed E-state index contributed by atoms with van der Waals surface area (Å²) >= 11 is 3.47. The molecule has 0 spiro atoms. The first-order chi connectivity index (χ1) is 10.7. The van der Waals surface area contributed by atoms with Gasteiger partial charge in [-0.2, -0.15) is 0 Å². The summed E-state index contributed by atoms with van der Waals surface area (Å²) in [5.41, 5.74) is 0.984. The fourth-order valence-corrected chi connectivity index (χ4v) is 2.86. The molecule has 2 aromatic rings. The smallest absolute Gasteiger partial charge is 0.136 e. The van der Waals surface area contributed by atoms with Gasteiger partial charge in [0.2, 0.25) is 0 Å². The molecule has 116 valence electrons. The fraction of sp³-hybridized carbons (Fsp3) is 0.375. The molecule has 1 aliphatic rings. The second-order valence-corrected chi connectivity index (χ2v) is 6.25. The Balaban J connectivity index is 1.68. The lowest BCUT2D eigenvalue weighted by Crippen LogP contribution is -2.19. The molecule has 1 fully saturated rings. The lowest BCUT2D eigenvalue weighted by atomic mass is 10.2. The van der Waals surface area contributed by atoms with Gasteiger partial charge in [0, 0.05) is 29.4 Å². The predicted molar refractivity (Wildman–Crippen MR) is 91.7 cm³/mol. The summed E-state index contributed by atoms with van der Waals surface area (Å²) in [5, 5.41) is 6.64. The molecule has 6 heteroatoms. The van der Waals surface area contributed by atoms with Gasteiger partial charge < -0.3 is 15.4 Å². The van der Waals surface area contributed by atoms with Crippen molar-refractivity contribution in [2.24, 2.45) is 0 Å². The van der Waals surface area contributed by atoms with Crippen molar-refractivity contribution in [1.29, 1.82) is 0 Å². The molecule has 0 radical (unpaired) electrons. The molecule has 1 saturated heterocycles. The number of benzene rings is 1. The highest BCUT2D eigenvalue weighted by molar-refractivity contribution is 9.10. The zero-order chi connectivity index (χ0) is 15.4. The van der Waals surface area contributed by atoms with Gasteiger partial charge in [0.25, 0.3) is 0 Å². The first kappa shape index (κ1) is 15.2. The van der Waals surface area contributed by atoms with Crippen molar-refractivity contribution >= 4 is 33.3 Å². The SMILES string of the molecule is Cc1nc(NCC2CCCO2)cc(Nc2cccc(Br)c2)n1. The number of aromatic nitrogens is 2. The summed E-state index contributed by atoms with van der Waals surface area (Å²) in [5.74, 6) is 2.33. The molecule has 0 aliphatic carbocycles. The Labute approximate surface area is 138 Å². The molecule has 1 aliphatic heterocycles. The molecule has 2 N–H and O–H groups in total. The molecular formula is C16H19BrN4O. The van der Waals surface area contributed by atoms with Crippen molar-refractivity contribution < 1.29 is 4.74 Å². The molecule has 2 heterocycles. The maximum absolute atomic E-state index is 5.62. The van der Waals surface area contributed by atoms with Crippen LogP contribution in [-0.2, 0) is 4.74 Å². The standard InChI is InChI=1S/C16H19BrN4O/c1-11-19-15(18-10-14-6-3-7-22-14)9-16(20-11)21-13-5-2-4-12(17)8-13/h2,4-5,8-9,14H,3,6-7,10H2,1H3,(H2,18,19,20,21). The Kier molecular flexibility index (Phi) is 4.90. The highest BCUT2D eigenvalue weighted by atomic mass is 79.9. The van der Waals surface area contributed by atoms with Gasteiger partial charge in [0.1, 0.15) is 17.5 Å². The van der Waals surface area contributed by atoms with Crippen LogP contribution in [0.1, 0.15) is 18.7 Å². The second kappa shape index (κ2) is 7.07. The predicted octanol–water partition coefficient (Wildman–Crippen LogP) is 3.88. The van der Waals surface area contributed by atoms with Gasteiger partial charge in [-0.15, -0.1) is 0 Å². The third-order valence-electron chi connectivity index (χ3n) is 3.47. The maximum atomic E-state index is 5.62. The van der Waals surface area contributed by atoms with Crippen molar-refractivity contribution in [1.82, 2.24) is 9.97 Å². The van der Waals surface area contributed by atoms with Crippen molar-refractivity contribution in [2.75, 3.05) is 23.8 Å². The number of aryl methyl sites for hydroxylation is 1. The lowest BCUT2D eigenvalue weighted by molar-refractivity contribution is 0.120. The van der Waals surface area contributed by atoms with Crippen LogP contribution in [0.3, 0.4) is 0 Å². The molecule has 0 amide bonds. The van der Waals surface area contributed by atoms with Gasteiger partial charge in [-0.3, -0.25) is 0 Å². The molecule has 1 unspecified atom stereocenters. The average molecular weight is 363 g/mol. The van der Waals surface area contributed by atoms with E-state index >= 15 is 0 Å². The largest absolute Gasteiger partial charge is 0.376 e. The summed E-state index contributed by atoms with van der Waals surface area (Å²) < 4.78 is 6.65. The Morgan fingerprint density at radius 1 is 1.27 bits per heavy atom. The Morgan fingerprint density at radius 2 is 2.14 bits per heavy atom. The third kappa shape index (κ3) is 4.18. The van der Waals surface area contributed by atoms with Gasteiger partial charge >= 0.3 is 0 Å². The number of rotatable bonds is 5. The van der Waals surface area contributed by atoms with Gasteiger partial charge in [-0.25, -0.2) is 9.97 Å². The van der Waals surface area contributed by atoms with Crippen molar-refractivity contribution in [2.45, 2.75) is 25.9 Å². The van der Waals surface area contributed by atoms with Crippen molar-refractivity contribution in [3.63, 3.8) is 0 Å². The van der Waals surface area contributed by atoms with Crippen LogP contribution >= 0.6 is 15.9 Å². The molecule has 1 atom stereocenters. The number of nitrogens with one attached hydrogen (secondary N) is 2. The van der Waals surface area contributed by atoms with E-state index in [0.29, 0.717) is 0 Å². The molecular weight excluding hydrogens is 344 g/mol. The number of ether oxygens (including phenoxy) is 1. The lowest BCUT2D eigenvalue weighted by Gasteiger charge is -2.13. The molecule has 22 heavy (non-hydrogen) atoms. The Morgan fingerprint density at radius 3 is 2.91 bits per heavy atom. The van der Waals surface area contributed by atoms with E-state index in [1.165, 1.54) is 0 Å². The topological polar surface area (TPSA) is 59.1 Å². The minimum absolute atomic E-state index is 0.289. The number of hydrogen-bond acceptors (Lipinski definition) is 5. The zero-order valence-corrected chi connectivity index (χ0v) is 14.1. The number of hydrogen-bond donors (Lipinski definition) is 2. The summed E-state index contributed by atoms with van der Waals surface area (Å²) in [7, 11) is 0. The number of halogens is 1. The normalized spacial score (nSPS) is 17.5. The first-order valence-electron chi connectivity index (χ1n) is 7.43. The minimum atomic E-state index is 0.289. The van der Waals surface area contributed by atoms with E-state index in [2.05, 4.69) is 36.5 Å². The zero-order valence-electron chi connectivity index (χ0n) is 12.5. The maximum Gasteiger partial charge on any atom is 0.136 e. The van der Waals surface area contributed by atoms with E-state index in [0.717, 1.165) is 53.6 Å². The molecule has 0 saturated carbocycles. The summed E-state index contributed by atoms with van der Waals surface area (Å²) in [6.45, 7) is 3.54. The highest BCUT2D eigenvalue weighted by Gasteiger charge is 2.15. The molecule has 0 bridgehead atoms. The van der Waals surface area contributed by atoms with Crippen molar-refractivity contribution in [3.05, 3.63) is 40.6 Å². The summed E-state index contributed by atoms with van der Waals surface area (Å²) in [6.07, 6.45) is 2.54. The van der Waals surface area contributed by atoms with Crippen LogP contribution in [0.2, 0.25) is 0 Å². The number of nitrogens with zero attached hydrogens (tertiary/aromatic N) is 2. The van der Waals surface area contributed by atoms with Crippen LogP contribution in [-0.4, -0.2) is 29.2 Å². The van der Waals surface area contributed by atoms with Gasteiger partial charge in [-0.1, -0.05) is 22.0 Å². The first-order valence-corrected chi connectivity index (χ1v) is 8.22. The molecule has 3 rings (SSSR count). The molecule has 1 aromatic carbocycles. The quantitative estimate of drug-likeness (QED) is 0.844. The van der Waals surface area contributed by atoms with Crippen LogP contribution in [0.15, 0.2) is 34.8 Å². The van der Waals surface area contributed by atoms with E-state index in [1.807, 2.05) is 37.3 Å². The highest BCUT2D eigenvalue weighted by Crippen LogP contribution is 2.21. The van der Waals surface area contributed by atoms with E-state index in [4.69, 9.17) is 4.74 Å². The van der Waals surface area contributed by atoms with Crippen LogP contribution in [0.5, 0.6) is 0 Å². The molecule has 5 nitrogen and oxygen atoms in total. The van der Waals surface area contributed by atoms with Crippen LogP contribution < -0.4 is 10.6 Å². The summed E-state index contributed by atoms with van der Waals surface area (Å²) in [4.78, 5) is 8.86. The van der Waals surface area contributed by atoms with E-state index in [1.54, 1.807) is 0 Å². The fourth-order valence-electron chi connectivity index (χ4n) is 2.46.